The molecule has 0 saturated carbocycles. The zero-order valence-corrected chi connectivity index (χ0v) is 16.8. The number of ether oxygens (including phenoxy) is 4. The standard InChI is InChI=1S/C19H20N2O6S/c1-10-14-17(22)20-16(11-5-6-12(25-3)13(9-11)26-4)21-18(14)28-15(10)19(23)27-8-7-24-2/h5-6,9H,7-8H2,1-4H3,(H,20,21,22). The molecular weight excluding hydrogens is 384 g/mol. The Morgan fingerprint density at radius 2 is 1.89 bits per heavy atom. The van der Waals surface area contributed by atoms with Gasteiger partial charge in [0.15, 0.2) is 11.5 Å². The van der Waals surface area contributed by atoms with E-state index in [1.165, 1.54) is 14.2 Å². The van der Waals surface area contributed by atoms with Gasteiger partial charge in [0.25, 0.3) is 5.56 Å². The Balaban J connectivity index is 2.04. The van der Waals surface area contributed by atoms with Crippen LogP contribution in [0.2, 0.25) is 0 Å². The minimum Gasteiger partial charge on any atom is -0.493 e. The molecule has 9 heteroatoms. The second-order valence-electron chi connectivity index (χ2n) is 5.85. The summed E-state index contributed by atoms with van der Waals surface area (Å²) in [5.74, 6) is 0.971. The molecule has 3 aromatic rings. The summed E-state index contributed by atoms with van der Waals surface area (Å²) >= 11 is 1.13. The predicted octanol–water partition coefficient (Wildman–Crippen LogP) is 2.78. The van der Waals surface area contributed by atoms with Gasteiger partial charge in [-0.3, -0.25) is 4.79 Å². The SMILES string of the molecule is COCCOC(=O)c1sc2nc(-c3ccc(OC)c(OC)c3)[nH]c(=O)c2c1C. The molecule has 2 aromatic heterocycles. The largest absolute Gasteiger partial charge is 0.493 e. The van der Waals surface area contributed by atoms with E-state index in [1.54, 1.807) is 32.2 Å². The number of nitrogens with one attached hydrogen (secondary N) is 1. The van der Waals surface area contributed by atoms with Gasteiger partial charge in [0.05, 0.1) is 26.2 Å². The molecule has 28 heavy (non-hydrogen) atoms. The number of benzene rings is 1. The smallest absolute Gasteiger partial charge is 0.348 e. The molecule has 1 N–H and O–H groups in total. The van der Waals surface area contributed by atoms with Crippen molar-refractivity contribution in [3.63, 3.8) is 0 Å². The minimum absolute atomic E-state index is 0.143. The number of fused-ring (bicyclic) bond motifs is 1. The van der Waals surface area contributed by atoms with Crippen LogP contribution in [0.4, 0.5) is 0 Å². The van der Waals surface area contributed by atoms with Crippen molar-refractivity contribution < 1.29 is 23.7 Å². The molecule has 0 spiro atoms. The fraction of sp³-hybridized carbons (Fsp3) is 0.316. The molecule has 0 saturated heterocycles. The van der Waals surface area contributed by atoms with Crippen molar-refractivity contribution in [2.75, 3.05) is 34.5 Å². The van der Waals surface area contributed by atoms with Gasteiger partial charge in [0.1, 0.15) is 22.1 Å². The van der Waals surface area contributed by atoms with Gasteiger partial charge in [-0.05, 0) is 30.7 Å². The number of esters is 1. The molecule has 3 rings (SSSR count). The first-order chi connectivity index (χ1) is 13.5. The van der Waals surface area contributed by atoms with Gasteiger partial charge >= 0.3 is 5.97 Å². The Bertz CT molecular complexity index is 1070. The van der Waals surface area contributed by atoms with Gasteiger partial charge < -0.3 is 23.9 Å². The third kappa shape index (κ3) is 3.71. The zero-order valence-electron chi connectivity index (χ0n) is 16.0. The molecule has 0 aliphatic heterocycles. The Labute approximate surface area is 165 Å². The number of carbonyl (C=O) groups is 1. The summed E-state index contributed by atoms with van der Waals surface area (Å²) < 4.78 is 20.6. The fourth-order valence-electron chi connectivity index (χ4n) is 2.74. The van der Waals surface area contributed by atoms with Crippen LogP contribution in [0.25, 0.3) is 21.6 Å². The normalized spacial score (nSPS) is 10.9. The summed E-state index contributed by atoms with van der Waals surface area (Å²) in [6.07, 6.45) is 0. The van der Waals surface area contributed by atoms with Crippen LogP contribution in [-0.2, 0) is 9.47 Å². The van der Waals surface area contributed by atoms with Crippen LogP contribution in [-0.4, -0.2) is 50.5 Å². The topological polar surface area (TPSA) is 99.7 Å². The van der Waals surface area contributed by atoms with Crippen LogP contribution >= 0.6 is 11.3 Å². The van der Waals surface area contributed by atoms with Crippen LogP contribution < -0.4 is 15.0 Å². The van der Waals surface area contributed by atoms with Crippen molar-refractivity contribution in [3.8, 4) is 22.9 Å². The van der Waals surface area contributed by atoms with Crippen LogP contribution in [0, 0.1) is 6.92 Å². The van der Waals surface area contributed by atoms with E-state index in [0.29, 0.717) is 50.2 Å². The molecule has 0 radical (unpaired) electrons. The maximum atomic E-state index is 12.7. The number of nitrogens with zero attached hydrogens (tertiary/aromatic N) is 1. The number of methoxy groups -OCH3 is 3. The first-order valence-corrected chi connectivity index (χ1v) is 9.23. The molecule has 0 amide bonds. The van der Waals surface area contributed by atoms with E-state index >= 15 is 0 Å². The van der Waals surface area contributed by atoms with Crippen molar-refractivity contribution >= 4 is 27.5 Å². The molecule has 0 atom stereocenters. The Morgan fingerprint density at radius 3 is 2.57 bits per heavy atom. The lowest BCUT2D eigenvalue weighted by Gasteiger charge is -2.09. The number of aryl methyl sites for hydroxylation is 1. The fourth-order valence-corrected chi connectivity index (χ4v) is 3.82. The zero-order chi connectivity index (χ0) is 20.3. The molecule has 8 nitrogen and oxygen atoms in total. The van der Waals surface area contributed by atoms with Crippen molar-refractivity contribution in [1.29, 1.82) is 0 Å². The Morgan fingerprint density at radius 1 is 1.14 bits per heavy atom. The van der Waals surface area contributed by atoms with Gasteiger partial charge in [-0.25, -0.2) is 9.78 Å². The van der Waals surface area contributed by atoms with E-state index in [1.807, 2.05) is 0 Å². The van der Waals surface area contributed by atoms with E-state index < -0.39 is 5.97 Å². The highest BCUT2D eigenvalue weighted by Gasteiger charge is 2.21. The van der Waals surface area contributed by atoms with E-state index in [9.17, 15) is 9.59 Å². The quantitative estimate of drug-likeness (QED) is 0.477. The van der Waals surface area contributed by atoms with E-state index in [2.05, 4.69) is 9.97 Å². The summed E-state index contributed by atoms with van der Waals surface area (Å²) in [6, 6.07) is 5.23. The molecule has 2 heterocycles. The average molecular weight is 404 g/mol. The van der Waals surface area contributed by atoms with Crippen molar-refractivity contribution in [3.05, 3.63) is 39.0 Å². The van der Waals surface area contributed by atoms with Crippen LogP contribution in [0.15, 0.2) is 23.0 Å². The van der Waals surface area contributed by atoms with Crippen molar-refractivity contribution in [2.45, 2.75) is 6.92 Å². The minimum atomic E-state index is -0.496. The number of hydrogen-bond acceptors (Lipinski definition) is 8. The highest BCUT2D eigenvalue weighted by Crippen LogP contribution is 2.33. The highest BCUT2D eigenvalue weighted by atomic mass is 32.1. The van der Waals surface area contributed by atoms with Crippen molar-refractivity contribution in [2.24, 2.45) is 0 Å². The van der Waals surface area contributed by atoms with Crippen molar-refractivity contribution in [1.82, 2.24) is 9.97 Å². The molecule has 0 bridgehead atoms. The maximum absolute atomic E-state index is 12.7. The lowest BCUT2D eigenvalue weighted by Crippen LogP contribution is -2.11. The molecule has 0 fully saturated rings. The summed E-state index contributed by atoms with van der Waals surface area (Å²) in [6.45, 7) is 2.15. The molecule has 0 aliphatic carbocycles. The Hall–Kier alpha value is -2.91. The van der Waals surface area contributed by atoms with Gasteiger partial charge in [0, 0.05) is 12.7 Å². The molecule has 148 valence electrons. The molecule has 0 unspecified atom stereocenters. The number of thiophene rings is 1. The maximum Gasteiger partial charge on any atom is 0.348 e. The van der Waals surface area contributed by atoms with Crippen LogP contribution in [0.5, 0.6) is 11.5 Å². The summed E-state index contributed by atoms with van der Waals surface area (Å²) in [7, 11) is 4.61. The lowest BCUT2D eigenvalue weighted by atomic mass is 10.1. The lowest BCUT2D eigenvalue weighted by molar-refractivity contribution is 0.0393. The monoisotopic (exact) mass is 404 g/mol. The van der Waals surface area contributed by atoms with E-state index in [4.69, 9.17) is 18.9 Å². The first-order valence-electron chi connectivity index (χ1n) is 8.42. The van der Waals surface area contributed by atoms with Crippen LogP contribution in [0.1, 0.15) is 15.2 Å². The number of aromatic nitrogens is 2. The molecule has 0 aliphatic rings. The second kappa shape index (κ2) is 8.41. The Kier molecular flexibility index (Phi) is 5.96. The summed E-state index contributed by atoms with van der Waals surface area (Å²) in [5.41, 5.74) is 0.890. The third-order valence-electron chi connectivity index (χ3n) is 4.16. The van der Waals surface area contributed by atoms with E-state index in [0.717, 1.165) is 11.3 Å². The summed E-state index contributed by atoms with van der Waals surface area (Å²) in [5, 5.41) is 0.382. The summed E-state index contributed by atoms with van der Waals surface area (Å²) in [4.78, 5) is 33.1. The van der Waals surface area contributed by atoms with E-state index in [-0.39, 0.29) is 12.2 Å². The molecular formula is C19H20N2O6S. The first kappa shape index (κ1) is 19.8. The number of rotatable bonds is 7. The van der Waals surface area contributed by atoms with Gasteiger partial charge in [-0.2, -0.15) is 0 Å². The van der Waals surface area contributed by atoms with Gasteiger partial charge in [-0.15, -0.1) is 11.3 Å². The second-order valence-corrected chi connectivity index (χ2v) is 6.85. The number of hydrogen-bond donors (Lipinski definition) is 1. The number of aromatic amines is 1. The average Bonchev–Trinajstić information content (AvgIpc) is 3.04. The van der Waals surface area contributed by atoms with Gasteiger partial charge in [-0.1, -0.05) is 0 Å². The molecule has 1 aromatic carbocycles. The number of H-pyrrole nitrogens is 1. The predicted molar refractivity (Wildman–Crippen MR) is 106 cm³/mol. The third-order valence-corrected chi connectivity index (χ3v) is 5.33. The van der Waals surface area contributed by atoms with Crippen LogP contribution in [0.3, 0.4) is 0 Å². The highest BCUT2D eigenvalue weighted by molar-refractivity contribution is 7.20. The number of carbonyl (C=O) groups excluding carboxylic acids is 1. The van der Waals surface area contributed by atoms with Gasteiger partial charge in [0.2, 0.25) is 0 Å².